The fraction of sp³-hybridized carbons (Fsp3) is 0.229. The van der Waals surface area contributed by atoms with Gasteiger partial charge in [0.2, 0.25) is 0 Å². The van der Waals surface area contributed by atoms with E-state index in [1.54, 1.807) is 0 Å². The molecule has 1 aromatic heterocycles. The molecule has 0 atom stereocenters. The van der Waals surface area contributed by atoms with Crippen molar-refractivity contribution < 1.29 is 4.42 Å². The number of benzene rings is 9. The van der Waals surface area contributed by atoms with E-state index in [9.17, 15) is 0 Å². The van der Waals surface area contributed by atoms with E-state index in [4.69, 9.17) is 4.42 Å². The average Bonchev–Trinajstić information content (AvgIpc) is 3.88. The summed E-state index contributed by atoms with van der Waals surface area (Å²) in [6, 6.07) is 73.8. The highest BCUT2D eigenvalue weighted by molar-refractivity contribution is 6.95. The zero-order valence-corrected chi connectivity index (χ0v) is 44.3. The topological polar surface area (TPSA) is 22.9 Å². The molecule has 75 heavy (non-hydrogen) atoms. The molecule has 4 nitrogen and oxygen atoms in total. The van der Waals surface area contributed by atoms with E-state index in [1.165, 1.54) is 115 Å². The Morgan fingerprint density at radius 3 is 1.68 bits per heavy atom. The average molecular weight is 978 g/mol. The summed E-state index contributed by atoms with van der Waals surface area (Å²) in [6.07, 6.45) is 13.5. The van der Waals surface area contributed by atoms with Crippen LogP contribution in [0.4, 0.5) is 45.5 Å². The molecule has 10 aromatic rings. The van der Waals surface area contributed by atoms with E-state index >= 15 is 0 Å². The second-order valence-electron chi connectivity index (χ2n) is 21.0. The molecule has 0 unspecified atom stereocenters. The maximum absolute atomic E-state index is 6.90. The van der Waals surface area contributed by atoms with Gasteiger partial charge in [0.1, 0.15) is 11.2 Å². The minimum Gasteiger partial charge on any atom is -0.456 e. The van der Waals surface area contributed by atoms with Gasteiger partial charge in [-0.1, -0.05) is 163 Å². The van der Waals surface area contributed by atoms with Crippen LogP contribution < -0.4 is 25.5 Å². The van der Waals surface area contributed by atoms with E-state index in [0.717, 1.165) is 85.0 Å². The molecule has 0 spiro atoms. The van der Waals surface area contributed by atoms with Gasteiger partial charge in [0.25, 0.3) is 0 Å². The highest BCUT2D eigenvalue weighted by atomic mass is 16.3. The molecule has 0 saturated heterocycles. The van der Waals surface area contributed by atoms with Crippen molar-refractivity contribution in [2.75, 3.05) is 14.6 Å². The lowest BCUT2D eigenvalue weighted by Gasteiger charge is -2.46. The third kappa shape index (κ3) is 9.01. The van der Waals surface area contributed by atoms with Gasteiger partial charge in [-0.15, -0.1) is 0 Å². The Labute approximate surface area is 445 Å². The van der Waals surface area contributed by atoms with Gasteiger partial charge >= 0.3 is 6.85 Å². The summed E-state index contributed by atoms with van der Waals surface area (Å²) in [5.74, 6) is 0. The molecule has 372 valence electrons. The Balaban J connectivity index is 1.18. The molecule has 12 rings (SSSR count). The Morgan fingerprint density at radius 2 is 0.973 bits per heavy atom. The summed E-state index contributed by atoms with van der Waals surface area (Å²) in [7, 11) is 0. The van der Waals surface area contributed by atoms with Crippen molar-refractivity contribution in [3.63, 3.8) is 0 Å². The molecule has 0 N–H and O–H groups in total. The van der Waals surface area contributed by atoms with Gasteiger partial charge in [-0.25, -0.2) is 0 Å². The van der Waals surface area contributed by atoms with E-state index in [-0.39, 0.29) is 6.85 Å². The summed E-state index contributed by atoms with van der Waals surface area (Å²) in [4.78, 5) is 7.78. The first kappa shape index (κ1) is 48.2. The molecule has 9 aromatic carbocycles. The predicted molar refractivity (Wildman–Crippen MR) is 322 cm³/mol. The van der Waals surface area contributed by atoms with Gasteiger partial charge in [-0.05, 0) is 181 Å². The van der Waals surface area contributed by atoms with Crippen LogP contribution in [-0.2, 0) is 25.7 Å². The summed E-state index contributed by atoms with van der Waals surface area (Å²) in [6.45, 7) is 8.95. The normalized spacial score (nSPS) is 12.6. The molecule has 0 radical (unpaired) electrons. The van der Waals surface area contributed by atoms with Crippen molar-refractivity contribution in [1.29, 1.82) is 0 Å². The Hall–Kier alpha value is -7.76. The van der Waals surface area contributed by atoms with Gasteiger partial charge in [-0.2, -0.15) is 0 Å². The standard InChI is InChI=1S/C70H68BN3O/c1-5-9-21-49-31-36-55(37-32-49)72(54-27-17-14-18-28-54)57-40-41-58-61-46-52(24-12-8-4)47-65-69(61)71(74(64(58)48-57)56-38-33-50(34-39-56)22-10-6-2)70-63(43-44-67-68(70)59-29-19-20-30-66(59)75-67)73(65)62-42-35-51(23-11-7-3)45-60(62)53-25-15-13-16-26-53/h13-20,25-48H,5-12,21-24H2,1-4H3. The van der Waals surface area contributed by atoms with Gasteiger partial charge < -0.3 is 19.0 Å². The molecule has 2 aliphatic rings. The molecule has 3 heterocycles. The van der Waals surface area contributed by atoms with Crippen molar-refractivity contribution >= 4 is 85.2 Å². The number of furan rings is 1. The van der Waals surface area contributed by atoms with Crippen molar-refractivity contribution in [3.05, 3.63) is 216 Å². The van der Waals surface area contributed by atoms with Crippen LogP contribution in [-0.4, -0.2) is 6.85 Å². The summed E-state index contributed by atoms with van der Waals surface area (Å²) in [5.41, 5.74) is 24.3. The first-order valence-corrected chi connectivity index (χ1v) is 28.1. The first-order valence-electron chi connectivity index (χ1n) is 28.1. The van der Waals surface area contributed by atoms with Crippen LogP contribution in [0.5, 0.6) is 0 Å². The minimum atomic E-state index is -0.206. The quantitative estimate of drug-likeness (QED) is 0.0799. The van der Waals surface area contributed by atoms with E-state index < -0.39 is 0 Å². The fourth-order valence-electron chi connectivity index (χ4n) is 12.1. The van der Waals surface area contributed by atoms with Crippen LogP contribution in [0.2, 0.25) is 0 Å². The fourth-order valence-corrected chi connectivity index (χ4v) is 12.1. The van der Waals surface area contributed by atoms with Crippen molar-refractivity contribution in [2.45, 2.75) is 105 Å². The van der Waals surface area contributed by atoms with Crippen LogP contribution >= 0.6 is 0 Å². The largest absolute Gasteiger partial charge is 0.456 e. The maximum Gasteiger partial charge on any atom is 0.333 e. The number of fused-ring (bicyclic) bond motifs is 8. The number of aryl methyl sites for hydroxylation is 4. The van der Waals surface area contributed by atoms with Gasteiger partial charge in [0, 0.05) is 61.7 Å². The van der Waals surface area contributed by atoms with Crippen LogP contribution in [0.3, 0.4) is 0 Å². The lowest BCUT2D eigenvalue weighted by Crippen LogP contribution is -2.61. The highest BCUT2D eigenvalue weighted by Gasteiger charge is 2.47. The van der Waals surface area contributed by atoms with Crippen LogP contribution in [0.25, 0.3) is 44.2 Å². The van der Waals surface area contributed by atoms with Crippen molar-refractivity contribution in [1.82, 2.24) is 0 Å². The first-order chi connectivity index (χ1) is 37.0. The van der Waals surface area contributed by atoms with E-state index in [2.05, 4.69) is 236 Å². The van der Waals surface area contributed by atoms with E-state index in [0.29, 0.717) is 0 Å². The smallest absolute Gasteiger partial charge is 0.333 e. The Kier molecular flexibility index (Phi) is 13.6. The number of unbranched alkanes of at least 4 members (excludes halogenated alkanes) is 4. The van der Waals surface area contributed by atoms with Gasteiger partial charge in [0.15, 0.2) is 0 Å². The summed E-state index contributed by atoms with van der Waals surface area (Å²) >= 11 is 0. The van der Waals surface area contributed by atoms with E-state index in [1.807, 2.05) is 0 Å². The maximum atomic E-state index is 6.90. The highest BCUT2D eigenvalue weighted by Crippen LogP contribution is 2.52. The summed E-state index contributed by atoms with van der Waals surface area (Å²) in [5, 5.41) is 2.31. The molecule has 2 aliphatic heterocycles. The van der Waals surface area contributed by atoms with Gasteiger partial charge in [0.05, 0.1) is 5.69 Å². The number of para-hydroxylation sites is 2. The van der Waals surface area contributed by atoms with Crippen LogP contribution in [0.1, 0.15) is 101 Å². The number of hydrogen-bond acceptors (Lipinski definition) is 4. The molecule has 0 aliphatic carbocycles. The number of nitrogens with zero attached hydrogens (tertiary/aromatic N) is 3. The Bertz CT molecular complexity index is 3620. The SMILES string of the molecule is CCCCc1ccc(N2B3c4c(cc(CCCC)cc4N(c4ccc(CCCC)cc4-c4ccccc4)c4ccc5oc6ccccc6c5c43)-c3ccc(N(c4ccccc4)c4ccc(CCCC)cc4)cc32)cc1. The molecule has 0 amide bonds. The third-order valence-electron chi connectivity index (χ3n) is 15.9. The molecule has 5 heteroatoms. The molecular weight excluding hydrogens is 910 g/mol. The zero-order valence-electron chi connectivity index (χ0n) is 44.3. The Morgan fingerprint density at radius 1 is 0.400 bits per heavy atom. The molecule has 0 bridgehead atoms. The van der Waals surface area contributed by atoms with Crippen molar-refractivity contribution in [3.8, 4) is 22.3 Å². The third-order valence-corrected chi connectivity index (χ3v) is 15.9. The van der Waals surface area contributed by atoms with Crippen LogP contribution in [0, 0.1) is 0 Å². The molecule has 0 fully saturated rings. The second-order valence-corrected chi connectivity index (χ2v) is 21.0. The minimum absolute atomic E-state index is 0.206. The number of rotatable bonds is 18. The number of anilines is 8. The predicted octanol–water partition coefficient (Wildman–Crippen LogP) is 18.8. The molecular formula is C70H68BN3O. The lowest BCUT2D eigenvalue weighted by molar-refractivity contribution is 0.669. The summed E-state index contributed by atoms with van der Waals surface area (Å²) < 4.78 is 6.90. The monoisotopic (exact) mass is 978 g/mol. The van der Waals surface area contributed by atoms with Gasteiger partial charge in [-0.3, -0.25) is 0 Å². The lowest BCUT2D eigenvalue weighted by atomic mass is 9.42. The number of hydrogen-bond donors (Lipinski definition) is 0. The van der Waals surface area contributed by atoms with Crippen molar-refractivity contribution in [2.24, 2.45) is 0 Å². The molecule has 0 saturated carbocycles. The second kappa shape index (κ2) is 21.2. The zero-order chi connectivity index (χ0) is 50.8. The van der Waals surface area contributed by atoms with Crippen LogP contribution in [0.15, 0.2) is 199 Å².